The van der Waals surface area contributed by atoms with Crippen molar-refractivity contribution in [3.05, 3.63) is 76.9 Å². The van der Waals surface area contributed by atoms with E-state index in [-0.39, 0.29) is 5.91 Å². The summed E-state index contributed by atoms with van der Waals surface area (Å²) in [6, 6.07) is 10.4. The quantitative estimate of drug-likeness (QED) is 0.484. The molecule has 0 fully saturated rings. The molecular formula is C22H27N5O. The Bertz CT molecular complexity index is 936. The maximum atomic E-state index is 12.1. The maximum absolute atomic E-state index is 12.1. The average Bonchev–Trinajstić information content (AvgIpc) is 3.28. The summed E-state index contributed by atoms with van der Waals surface area (Å²) in [6.45, 7) is 8.23. The summed E-state index contributed by atoms with van der Waals surface area (Å²) in [7, 11) is 0. The highest BCUT2D eigenvalue weighted by atomic mass is 16.1. The van der Waals surface area contributed by atoms with Gasteiger partial charge in [-0.15, -0.1) is 0 Å². The lowest BCUT2D eigenvalue weighted by molar-refractivity contribution is -0.116. The van der Waals surface area contributed by atoms with Crippen LogP contribution in [0.4, 0.5) is 0 Å². The predicted molar refractivity (Wildman–Crippen MR) is 111 cm³/mol. The third kappa shape index (κ3) is 5.19. The van der Waals surface area contributed by atoms with Gasteiger partial charge in [0.2, 0.25) is 5.91 Å². The van der Waals surface area contributed by atoms with Gasteiger partial charge in [-0.2, -0.15) is 10.2 Å². The minimum Gasteiger partial charge on any atom is -0.352 e. The zero-order chi connectivity index (χ0) is 19.9. The Balaban J connectivity index is 1.54. The predicted octanol–water partition coefficient (Wildman–Crippen LogP) is 3.27. The number of nitrogens with zero attached hydrogens (tertiary/aromatic N) is 4. The normalized spacial score (nSPS) is 11.2. The molecule has 1 N–H and O–H groups in total. The summed E-state index contributed by atoms with van der Waals surface area (Å²) in [4.78, 5) is 12.1. The fourth-order valence-electron chi connectivity index (χ4n) is 3.08. The molecule has 0 unspecified atom stereocenters. The number of hydrogen-bond acceptors (Lipinski definition) is 3. The van der Waals surface area contributed by atoms with E-state index in [9.17, 15) is 4.79 Å². The van der Waals surface area contributed by atoms with Gasteiger partial charge in [0.15, 0.2) is 0 Å². The second kappa shape index (κ2) is 9.17. The molecule has 6 heteroatoms. The van der Waals surface area contributed by atoms with Gasteiger partial charge in [0.05, 0.1) is 12.2 Å². The molecule has 1 aromatic carbocycles. The van der Waals surface area contributed by atoms with Gasteiger partial charge in [0.25, 0.3) is 0 Å². The Morgan fingerprint density at radius 2 is 1.96 bits per heavy atom. The van der Waals surface area contributed by atoms with Gasteiger partial charge < -0.3 is 5.32 Å². The Morgan fingerprint density at radius 1 is 1.18 bits per heavy atom. The third-order valence-corrected chi connectivity index (χ3v) is 4.71. The first-order valence-electron chi connectivity index (χ1n) is 9.56. The minimum absolute atomic E-state index is 0.0921. The van der Waals surface area contributed by atoms with Crippen molar-refractivity contribution in [2.45, 2.75) is 40.3 Å². The standard InChI is InChI=1S/C22H27N5O/c1-17-6-8-20(9-7-17)16-27-19(3)21(18(2)25-27)10-11-22(28)23-12-4-14-26-15-5-13-24-26/h5-11,13,15H,4,12,14,16H2,1-3H3,(H,23,28)/b11-10+. The van der Waals surface area contributed by atoms with Crippen LogP contribution < -0.4 is 5.32 Å². The number of carbonyl (C=O) groups is 1. The summed E-state index contributed by atoms with van der Waals surface area (Å²) >= 11 is 0. The largest absolute Gasteiger partial charge is 0.352 e. The van der Waals surface area contributed by atoms with Gasteiger partial charge in [-0.05, 0) is 44.9 Å². The molecule has 6 nitrogen and oxygen atoms in total. The van der Waals surface area contributed by atoms with Crippen molar-refractivity contribution in [1.82, 2.24) is 24.9 Å². The van der Waals surface area contributed by atoms with E-state index >= 15 is 0 Å². The van der Waals surface area contributed by atoms with Crippen molar-refractivity contribution < 1.29 is 4.79 Å². The molecule has 0 atom stereocenters. The number of benzene rings is 1. The van der Waals surface area contributed by atoms with Crippen LogP contribution in [0.1, 0.15) is 34.5 Å². The van der Waals surface area contributed by atoms with Crippen LogP contribution in [0, 0.1) is 20.8 Å². The number of aromatic nitrogens is 4. The fraction of sp³-hybridized carbons (Fsp3) is 0.318. The molecule has 3 aromatic rings. The van der Waals surface area contributed by atoms with E-state index in [0.29, 0.717) is 6.54 Å². The van der Waals surface area contributed by atoms with E-state index in [1.165, 1.54) is 11.1 Å². The van der Waals surface area contributed by atoms with E-state index in [1.807, 2.05) is 41.6 Å². The first kappa shape index (κ1) is 19.6. The molecule has 2 heterocycles. The van der Waals surface area contributed by atoms with E-state index in [4.69, 9.17) is 0 Å². The summed E-state index contributed by atoms with van der Waals surface area (Å²) in [5.41, 5.74) is 5.44. The highest BCUT2D eigenvalue weighted by Gasteiger charge is 2.10. The fourth-order valence-corrected chi connectivity index (χ4v) is 3.08. The van der Waals surface area contributed by atoms with Crippen LogP contribution in [0.25, 0.3) is 6.08 Å². The highest BCUT2D eigenvalue weighted by Crippen LogP contribution is 2.16. The van der Waals surface area contributed by atoms with Gasteiger partial charge in [-0.25, -0.2) is 0 Å². The zero-order valence-electron chi connectivity index (χ0n) is 16.7. The summed E-state index contributed by atoms with van der Waals surface area (Å²) in [5, 5.41) is 11.7. The SMILES string of the molecule is Cc1ccc(Cn2nc(C)c(/C=C/C(=O)NCCCn3cccn3)c2C)cc1. The van der Waals surface area contributed by atoms with Gasteiger partial charge in [-0.1, -0.05) is 29.8 Å². The molecule has 1 amide bonds. The van der Waals surface area contributed by atoms with Gasteiger partial charge in [0.1, 0.15) is 0 Å². The lowest BCUT2D eigenvalue weighted by atomic mass is 10.1. The molecule has 0 saturated carbocycles. The van der Waals surface area contributed by atoms with Gasteiger partial charge in [0, 0.05) is 42.8 Å². The van der Waals surface area contributed by atoms with E-state index < -0.39 is 0 Å². The van der Waals surface area contributed by atoms with Crippen molar-refractivity contribution in [2.75, 3.05) is 6.54 Å². The van der Waals surface area contributed by atoms with Crippen molar-refractivity contribution >= 4 is 12.0 Å². The van der Waals surface area contributed by atoms with Crippen molar-refractivity contribution in [3.8, 4) is 0 Å². The van der Waals surface area contributed by atoms with Crippen LogP contribution in [0.3, 0.4) is 0 Å². The molecule has 3 rings (SSSR count). The molecule has 0 aliphatic heterocycles. The molecule has 28 heavy (non-hydrogen) atoms. The maximum Gasteiger partial charge on any atom is 0.244 e. The Morgan fingerprint density at radius 3 is 2.68 bits per heavy atom. The number of nitrogens with one attached hydrogen (secondary N) is 1. The monoisotopic (exact) mass is 377 g/mol. The van der Waals surface area contributed by atoms with E-state index in [0.717, 1.165) is 36.5 Å². The average molecular weight is 377 g/mol. The zero-order valence-corrected chi connectivity index (χ0v) is 16.7. The van der Waals surface area contributed by atoms with Crippen molar-refractivity contribution in [2.24, 2.45) is 0 Å². The van der Waals surface area contributed by atoms with Crippen LogP contribution in [0.5, 0.6) is 0 Å². The number of rotatable bonds is 8. The molecule has 146 valence electrons. The van der Waals surface area contributed by atoms with Crippen LogP contribution in [0.2, 0.25) is 0 Å². The lowest BCUT2D eigenvalue weighted by Crippen LogP contribution is -2.23. The Hall–Kier alpha value is -3.15. The smallest absolute Gasteiger partial charge is 0.244 e. The minimum atomic E-state index is -0.0921. The molecule has 0 aliphatic carbocycles. The molecule has 0 spiro atoms. The summed E-state index contributed by atoms with van der Waals surface area (Å²) < 4.78 is 3.85. The molecule has 0 aliphatic rings. The summed E-state index contributed by atoms with van der Waals surface area (Å²) in [5.74, 6) is -0.0921. The lowest BCUT2D eigenvalue weighted by Gasteiger charge is -2.05. The van der Waals surface area contributed by atoms with Crippen LogP contribution in [0.15, 0.2) is 48.8 Å². The van der Waals surface area contributed by atoms with E-state index in [2.05, 4.69) is 46.7 Å². The van der Waals surface area contributed by atoms with Crippen LogP contribution in [-0.4, -0.2) is 32.0 Å². The van der Waals surface area contributed by atoms with Crippen LogP contribution >= 0.6 is 0 Å². The first-order chi connectivity index (χ1) is 13.5. The second-order valence-electron chi connectivity index (χ2n) is 6.97. The highest BCUT2D eigenvalue weighted by molar-refractivity contribution is 5.91. The first-order valence-corrected chi connectivity index (χ1v) is 9.56. The number of amides is 1. The number of aryl methyl sites for hydroxylation is 3. The molecule has 2 aromatic heterocycles. The van der Waals surface area contributed by atoms with Crippen molar-refractivity contribution in [3.63, 3.8) is 0 Å². The topological polar surface area (TPSA) is 64.7 Å². The number of hydrogen-bond donors (Lipinski definition) is 1. The molecule has 0 bridgehead atoms. The third-order valence-electron chi connectivity index (χ3n) is 4.71. The molecular weight excluding hydrogens is 350 g/mol. The van der Waals surface area contributed by atoms with Gasteiger partial charge in [-0.3, -0.25) is 14.2 Å². The second-order valence-corrected chi connectivity index (χ2v) is 6.97. The summed E-state index contributed by atoms with van der Waals surface area (Å²) in [6.07, 6.45) is 7.95. The van der Waals surface area contributed by atoms with E-state index in [1.54, 1.807) is 12.3 Å². The van der Waals surface area contributed by atoms with Crippen LogP contribution in [-0.2, 0) is 17.9 Å². The van der Waals surface area contributed by atoms with Gasteiger partial charge >= 0.3 is 0 Å². The Labute approximate surface area is 165 Å². The molecule has 0 saturated heterocycles. The molecule has 0 radical (unpaired) electrons. The van der Waals surface area contributed by atoms with Crippen molar-refractivity contribution in [1.29, 1.82) is 0 Å². The Kier molecular flexibility index (Phi) is 6.42. The number of carbonyl (C=O) groups excluding carboxylic acids is 1.